The second kappa shape index (κ2) is 11.6. The normalized spacial score (nSPS) is 35.0. The van der Waals surface area contributed by atoms with Gasteiger partial charge in [-0.25, -0.2) is 0 Å². The molecular weight excluding hydrogens is 456 g/mol. The van der Waals surface area contributed by atoms with E-state index in [9.17, 15) is 5.11 Å². The number of rotatable bonds is 8. The molecule has 36 heavy (non-hydrogen) atoms. The molecule has 1 N–H and O–H groups in total. The highest BCUT2D eigenvalue weighted by atomic mass is 28.4. The minimum atomic E-state index is -1.93. The summed E-state index contributed by atoms with van der Waals surface area (Å²) in [5.41, 5.74) is 4.41. The van der Waals surface area contributed by atoms with E-state index in [4.69, 9.17) is 4.43 Å². The number of hydrogen-bond acceptors (Lipinski definition) is 2. The molecule has 3 rings (SSSR count). The van der Waals surface area contributed by atoms with E-state index in [1.54, 1.807) is 5.57 Å². The number of hydrogen-bond donors (Lipinski definition) is 1. The van der Waals surface area contributed by atoms with Crippen molar-refractivity contribution in [3.8, 4) is 0 Å². The fourth-order valence-electron chi connectivity index (χ4n) is 7.36. The van der Waals surface area contributed by atoms with Crippen molar-refractivity contribution in [1.29, 1.82) is 0 Å². The van der Waals surface area contributed by atoms with Crippen LogP contribution in [0.25, 0.3) is 0 Å². The Labute approximate surface area is 225 Å². The van der Waals surface area contributed by atoms with E-state index in [1.807, 2.05) is 0 Å². The van der Waals surface area contributed by atoms with Gasteiger partial charge in [0.2, 0.25) is 0 Å². The molecule has 6 atom stereocenters. The zero-order valence-corrected chi connectivity index (χ0v) is 26.3. The van der Waals surface area contributed by atoms with Crippen LogP contribution < -0.4 is 0 Å². The smallest absolute Gasteiger partial charge is 0.192 e. The van der Waals surface area contributed by atoms with E-state index in [-0.39, 0.29) is 17.2 Å². The van der Waals surface area contributed by atoms with Crippen LogP contribution in [-0.2, 0) is 4.43 Å². The second-order valence-corrected chi connectivity index (χ2v) is 19.6. The molecule has 0 aromatic carbocycles. The minimum Gasteiger partial charge on any atom is -0.410 e. The van der Waals surface area contributed by atoms with Crippen LogP contribution in [0.1, 0.15) is 113 Å². The van der Waals surface area contributed by atoms with E-state index in [0.717, 1.165) is 29.2 Å². The van der Waals surface area contributed by atoms with Crippen molar-refractivity contribution in [1.82, 2.24) is 0 Å². The van der Waals surface area contributed by atoms with E-state index in [2.05, 4.69) is 80.3 Å². The minimum absolute atomic E-state index is 0.0570. The maximum atomic E-state index is 10.7. The van der Waals surface area contributed by atoms with Crippen LogP contribution in [0.5, 0.6) is 0 Å². The monoisotopic (exact) mass is 514 g/mol. The highest BCUT2D eigenvalue weighted by molar-refractivity contribution is 6.74. The van der Waals surface area contributed by atoms with Gasteiger partial charge in [-0.15, -0.1) is 0 Å². The average molecular weight is 515 g/mol. The Balaban J connectivity index is 1.74. The SMILES string of the molecule is C=C1/C(=C\C=C2CCC[C@@]3(C)C2CC[C@@H]3[C@H](C)CCCC(C)C)C[C@@H](O)C[C@H]1O[Si](C)(C)C(C)(C)C. The van der Waals surface area contributed by atoms with E-state index in [0.29, 0.717) is 18.3 Å². The Hall–Kier alpha value is -0.643. The van der Waals surface area contributed by atoms with Gasteiger partial charge in [0.15, 0.2) is 8.32 Å². The Morgan fingerprint density at radius 3 is 2.47 bits per heavy atom. The largest absolute Gasteiger partial charge is 0.410 e. The Morgan fingerprint density at radius 2 is 1.83 bits per heavy atom. The summed E-state index contributed by atoms with van der Waals surface area (Å²) in [7, 11) is -1.93. The molecule has 0 aromatic rings. The topological polar surface area (TPSA) is 29.5 Å². The summed E-state index contributed by atoms with van der Waals surface area (Å²) in [5, 5.41) is 10.9. The molecule has 3 heteroatoms. The summed E-state index contributed by atoms with van der Waals surface area (Å²) < 4.78 is 6.74. The molecule has 206 valence electrons. The summed E-state index contributed by atoms with van der Waals surface area (Å²) in [6, 6.07) is 0. The molecule has 0 radical (unpaired) electrons. The summed E-state index contributed by atoms with van der Waals surface area (Å²) in [6.07, 6.45) is 16.6. The van der Waals surface area contributed by atoms with Crippen molar-refractivity contribution < 1.29 is 9.53 Å². The third-order valence-corrected chi connectivity index (χ3v) is 15.1. The fourth-order valence-corrected chi connectivity index (χ4v) is 8.67. The first-order valence-electron chi connectivity index (χ1n) is 15.1. The maximum Gasteiger partial charge on any atom is 0.192 e. The lowest BCUT2D eigenvalue weighted by molar-refractivity contribution is 0.0904. The van der Waals surface area contributed by atoms with E-state index >= 15 is 0 Å². The summed E-state index contributed by atoms with van der Waals surface area (Å²) in [5.74, 6) is 3.24. The Morgan fingerprint density at radius 1 is 1.14 bits per heavy atom. The fraction of sp³-hybridized carbons (Fsp3) is 0.818. The maximum absolute atomic E-state index is 10.7. The third kappa shape index (κ3) is 6.67. The number of aliphatic hydroxyl groups is 1. The van der Waals surface area contributed by atoms with Gasteiger partial charge < -0.3 is 9.53 Å². The molecule has 2 nitrogen and oxygen atoms in total. The molecule has 1 unspecified atom stereocenters. The third-order valence-electron chi connectivity index (χ3n) is 10.7. The average Bonchev–Trinajstić information content (AvgIpc) is 3.11. The quantitative estimate of drug-likeness (QED) is 0.327. The lowest BCUT2D eigenvalue weighted by Crippen LogP contribution is -2.46. The molecule has 0 saturated heterocycles. The number of aliphatic hydroxyl groups excluding tert-OH is 1. The first-order chi connectivity index (χ1) is 16.7. The zero-order valence-electron chi connectivity index (χ0n) is 25.3. The molecule has 3 fully saturated rings. The van der Waals surface area contributed by atoms with Crippen LogP contribution >= 0.6 is 0 Å². The molecule has 0 heterocycles. The molecular formula is C33H58O2Si. The van der Waals surface area contributed by atoms with Gasteiger partial charge in [0.1, 0.15) is 0 Å². The lowest BCUT2D eigenvalue weighted by atomic mass is 9.60. The van der Waals surface area contributed by atoms with Crippen molar-refractivity contribution in [3.05, 3.63) is 35.5 Å². The standard InChI is InChI=1S/C33H58O2Si/c1-23(2)13-11-14-24(3)29-18-19-30-26(15-12-20-33(29,30)8)16-17-27-21-28(34)22-31(25(27)4)35-36(9,10)32(5,6)7/h16-17,23-24,28-31,34H,4,11-15,18-22H2,1-3,5-10H3/b26-16?,27-17-/t24-,28-,29-,30?,31-,33-/m1/s1. The van der Waals surface area contributed by atoms with Crippen LogP contribution in [0.3, 0.4) is 0 Å². The molecule has 0 amide bonds. The van der Waals surface area contributed by atoms with Gasteiger partial charge >= 0.3 is 0 Å². The van der Waals surface area contributed by atoms with Gasteiger partial charge in [0.25, 0.3) is 0 Å². The van der Waals surface area contributed by atoms with Crippen LogP contribution in [-0.4, -0.2) is 25.6 Å². The zero-order chi connectivity index (χ0) is 26.9. The summed E-state index contributed by atoms with van der Waals surface area (Å²) in [4.78, 5) is 0. The Kier molecular flexibility index (Phi) is 9.65. The molecule has 3 saturated carbocycles. The van der Waals surface area contributed by atoms with Crippen LogP contribution in [0, 0.1) is 29.1 Å². The van der Waals surface area contributed by atoms with Gasteiger partial charge in [-0.1, -0.05) is 92.0 Å². The van der Waals surface area contributed by atoms with Gasteiger partial charge in [0.05, 0.1) is 12.2 Å². The highest BCUT2D eigenvalue weighted by Gasteiger charge is 2.50. The molecule has 3 aliphatic rings. The van der Waals surface area contributed by atoms with Crippen LogP contribution in [0.4, 0.5) is 0 Å². The van der Waals surface area contributed by atoms with Gasteiger partial charge in [-0.05, 0) is 96.9 Å². The van der Waals surface area contributed by atoms with Gasteiger partial charge in [-0.2, -0.15) is 0 Å². The van der Waals surface area contributed by atoms with E-state index < -0.39 is 8.32 Å². The first kappa shape index (κ1) is 29.9. The van der Waals surface area contributed by atoms with Crippen molar-refractivity contribution >= 4 is 8.32 Å². The molecule has 0 spiro atoms. The van der Waals surface area contributed by atoms with Crippen molar-refractivity contribution in [3.63, 3.8) is 0 Å². The predicted molar refractivity (Wildman–Crippen MR) is 159 cm³/mol. The summed E-state index contributed by atoms with van der Waals surface area (Å²) >= 11 is 0. The first-order valence-corrected chi connectivity index (χ1v) is 18.0. The molecule has 0 aromatic heterocycles. The van der Waals surface area contributed by atoms with Crippen LogP contribution in [0.15, 0.2) is 35.5 Å². The molecule has 3 aliphatic carbocycles. The van der Waals surface area contributed by atoms with Crippen molar-refractivity contribution in [2.45, 2.75) is 143 Å². The molecule has 0 bridgehead atoms. The van der Waals surface area contributed by atoms with Crippen molar-refractivity contribution in [2.24, 2.45) is 29.1 Å². The Bertz CT molecular complexity index is 829. The van der Waals surface area contributed by atoms with Gasteiger partial charge in [-0.3, -0.25) is 0 Å². The van der Waals surface area contributed by atoms with Gasteiger partial charge in [0, 0.05) is 6.42 Å². The number of fused-ring (bicyclic) bond motifs is 1. The summed E-state index contributed by atoms with van der Waals surface area (Å²) in [6.45, 7) is 25.8. The van der Waals surface area contributed by atoms with Crippen molar-refractivity contribution in [2.75, 3.05) is 0 Å². The lowest BCUT2D eigenvalue weighted by Gasteiger charge is -2.44. The number of allylic oxidation sites excluding steroid dienone is 3. The van der Waals surface area contributed by atoms with E-state index in [1.165, 1.54) is 56.9 Å². The second-order valence-electron chi connectivity index (χ2n) is 14.8. The van der Waals surface area contributed by atoms with Crippen LogP contribution in [0.2, 0.25) is 18.1 Å². The predicted octanol–water partition coefficient (Wildman–Crippen LogP) is 9.62. The molecule has 0 aliphatic heterocycles. The highest BCUT2D eigenvalue weighted by Crippen LogP contribution is 2.60.